The summed E-state index contributed by atoms with van der Waals surface area (Å²) >= 11 is 5.45. The summed E-state index contributed by atoms with van der Waals surface area (Å²) in [7, 11) is 1.42. The van der Waals surface area contributed by atoms with Gasteiger partial charge in [0.15, 0.2) is 0 Å². The standard InChI is InChI=1S/C10H10ClF3N2O/c1-15-9(17)16-5-6-2-3-8(11)7(4-6)10(12,13)14/h2-4H,5H2,1H3,(H2,15,16,17). The fourth-order valence-corrected chi connectivity index (χ4v) is 1.40. The highest BCUT2D eigenvalue weighted by Crippen LogP contribution is 2.35. The van der Waals surface area contributed by atoms with Crippen LogP contribution in [0.15, 0.2) is 18.2 Å². The Morgan fingerprint density at radius 1 is 1.41 bits per heavy atom. The molecule has 0 aromatic heterocycles. The maximum absolute atomic E-state index is 12.5. The number of carbonyl (C=O) groups excluding carboxylic acids is 1. The molecule has 0 saturated carbocycles. The average Bonchev–Trinajstić information content (AvgIpc) is 2.26. The predicted octanol–water partition coefficient (Wildman–Crippen LogP) is 2.79. The second-order valence-corrected chi connectivity index (χ2v) is 3.65. The average molecular weight is 267 g/mol. The van der Waals surface area contributed by atoms with Crippen molar-refractivity contribution in [1.29, 1.82) is 0 Å². The smallest absolute Gasteiger partial charge is 0.341 e. The van der Waals surface area contributed by atoms with Gasteiger partial charge in [-0.25, -0.2) is 4.79 Å². The monoisotopic (exact) mass is 266 g/mol. The van der Waals surface area contributed by atoms with Crippen molar-refractivity contribution >= 4 is 17.6 Å². The van der Waals surface area contributed by atoms with Gasteiger partial charge in [0.1, 0.15) is 0 Å². The summed E-state index contributed by atoms with van der Waals surface area (Å²) in [4.78, 5) is 10.9. The molecule has 3 nitrogen and oxygen atoms in total. The summed E-state index contributed by atoms with van der Waals surface area (Å²) < 4.78 is 37.5. The molecule has 1 rings (SSSR count). The van der Waals surface area contributed by atoms with Crippen molar-refractivity contribution in [3.05, 3.63) is 34.3 Å². The molecule has 0 fully saturated rings. The first kappa shape index (κ1) is 13.6. The van der Waals surface area contributed by atoms with Crippen molar-refractivity contribution in [1.82, 2.24) is 10.6 Å². The normalized spacial score (nSPS) is 11.1. The summed E-state index contributed by atoms with van der Waals surface area (Å²) in [6.07, 6.45) is -4.50. The van der Waals surface area contributed by atoms with Crippen LogP contribution in [0, 0.1) is 0 Å². The zero-order chi connectivity index (χ0) is 13.1. The van der Waals surface area contributed by atoms with Gasteiger partial charge in [-0.2, -0.15) is 13.2 Å². The summed E-state index contributed by atoms with van der Waals surface area (Å²) in [6.45, 7) is -0.0000772. The molecule has 0 unspecified atom stereocenters. The van der Waals surface area contributed by atoms with E-state index in [1.54, 1.807) is 0 Å². The molecular formula is C10H10ClF3N2O. The summed E-state index contributed by atoms with van der Waals surface area (Å²) in [5.74, 6) is 0. The molecule has 0 radical (unpaired) electrons. The lowest BCUT2D eigenvalue weighted by molar-refractivity contribution is -0.137. The molecule has 94 valence electrons. The summed E-state index contributed by atoms with van der Waals surface area (Å²) in [5, 5.41) is 4.32. The lowest BCUT2D eigenvalue weighted by Crippen LogP contribution is -2.32. The largest absolute Gasteiger partial charge is 0.417 e. The molecule has 7 heteroatoms. The molecule has 0 aliphatic carbocycles. The fraction of sp³-hybridized carbons (Fsp3) is 0.300. The van der Waals surface area contributed by atoms with Gasteiger partial charge in [0.25, 0.3) is 0 Å². The Balaban J connectivity index is 2.86. The lowest BCUT2D eigenvalue weighted by Gasteiger charge is -2.11. The molecule has 0 saturated heterocycles. The first-order chi connectivity index (χ1) is 7.84. The topological polar surface area (TPSA) is 41.1 Å². The Kier molecular flexibility index (Phi) is 4.22. The minimum absolute atomic E-state index is 0.0000772. The molecule has 1 aromatic rings. The zero-order valence-electron chi connectivity index (χ0n) is 8.86. The van der Waals surface area contributed by atoms with Crippen LogP contribution in [-0.4, -0.2) is 13.1 Å². The van der Waals surface area contributed by atoms with Crippen molar-refractivity contribution in [2.45, 2.75) is 12.7 Å². The minimum Gasteiger partial charge on any atom is -0.341 e. The Bertz CT molecular complexity index is 421. The Morgan fingerprint density at radius 3 is 2.59 bits per heavy atom. The summed E-state index contributed by atoms with van der Waals surface area (Å²) in [6, 6.07) is 3.03. The second-order valence-electron chi connectivity index (χ2n) is 3.24. The van der Waals surface area contributed by atoms with E-state index in [2.05, 4.69) is 10.6 Å². The van der Waals surface area contributed by atoms with Crippen LogP contribution in [0.4, 0.5) is 18.0 Å². The third kappa shape index (κ3) is 3.81. The number of urea groups is 1. The van der Waals surface area contributed by atoms with Crippen molar-refractivity contribution in [3.63, 3.8) is 0 Å². The van der Waals surface area contributed by atoms with E-state index in [9.17, 15) is 18.0 Å². The van der Waals surface area contributed by atoms with Crippen LogP contribution in [0.1, 0.15) is 11.1 Å². The molecule has 2 amide bonds. The highest BCUT2D eigenvalue weighted by atomic mass is 35.5. The van der Waals surface area contributed by atoms with E-state index in [0.717, 1.165) is 12.1 Å². The fourth-order valence-electron chi connectivity index (χ4n) is 1.17. The number of alkyl halides is 3. The van der Waals surface area contributed by atoms with Gasteiger partial charge >= 0.3 is 12.2 Å². The lowest BCUT2D eigenvalue weighted by atomic mass is 10.1. The van der Waals surface area contributed by atoms with Crippen molar-refractivity contribution < 1.29 is 18.0 Å². The van der Waals surface area contributed by atoms with E-state index >= 15 is 0 Å². The number of benzene rings is 1. The number of nitrogens with one attached hydrogen (secondary N) is 2. The Labute approximate surface area is 101 Å². The molecule has 1 aromatic carbocycles. The van der Waals surface area contributed by atoms with Gasteiger partial charge < -0.3 is 10.6 Å². The van der Waals surface area contributed by atoms with Crippen LogP contribution in [-0.2, 0) is 12.7 Å². The number of hydrogen-bond acceptors (Lipinski definition) is 1. The van der Waals surface area contributed by atoms with Crippen LogP contribution in [0.25, 0.3) is 0 Å². The van der Waals surface area contributed by atoms with Crippen LogP contribution >= 0.6 is 11.6 Å². The van der Waals surface area contributed by atoms with Crippen molar-refractivity contribution in [2.24, 2.45) is 0 Å². The van der Waals surface area contributed by atoms with Crippen LogP contribution < -0.4 is 10.6 Å². The van der Waals surface area contributed by atoms with Gasteiger partial charge in [-0.3, -0.25) is 0 Å². The van der Waals surface area contributed by atoms with Gasteiger partial charge in [-0.15, -0.1) is 0 Å². The summed E-state index contributed by atoms with van der Waals surface area (Å²) in [5.41, 5.74) is -0.583. The second kappa shape index (κ2) is 5.27. The van der Waals surface area contributed by atoms with Gasteiger partial charge in [-0.05, 0) is 17.7 Å². The van der Waals surface area contributed by atoms with Crippen molar-refractivity contribution in [2.75, 3.05) is 7.05 Å². The minimum atomic E-state index is -4.50. The molecule has 0 bridgehead atoms. The van der Waals surface area contributed by atoms with Gasteiger partial charge in [0, 0.05) is 13.6 Å². The van der Waals surface area contributed by atoms with Gasteiger partial charge in [0.2, 0.25) is 0 Å². The molecule has 17 heavy (non-hydrogen) atoms. The maximum atomic E-state index is 12.5. The van der Waals surface area contributed by atoms with E-state index in [0.29, 0.717) is 5.56 Å². The predicted molar refractivity (Wildman–Crippen MR) is 57.7 cm³/mol. The molecule has 0 aliphatic heterocycles. The third-order valence-electron chi connectivity index (χ3n) is 2.02. The Hall–Kier alpha value is -1.43. The molecule has 2 N–H and O–H groups in total. The third-order valence-corrected chi connectivity index (χ3v) is 2.35. The van der Waals surface area contributed by atoms with Crippen LogP contribution in [0.5, 0.6) is 0 Å². The first-order valence-corrected chi connectivity index (χ1v) is 5.03. The highest BCUT2D eigenvalue weighted by Gasteiger charge is 2.33. The molecule has 0 aliphatic rings. The number of carbonyl (C=O) groups is 1. The van der Waals surface area contributed by atoms with Crippen LogP contribution in [0.2, 0.25) is 5.02 Å². The van der Waals surface area contributed by atoms with E-state index in [1.807, 2.05) is 0 Å². The SMILES string of the molecule is CNC(=O)NCc1ccc(Cl)c(C(F)(F)F)c1. The van der Waals surface area contributed by atoms with E-state index in [-0.39, 0.29) is 11.6 Å². The van der Waals surface area contributed by atoms with Gasteiger partial charge in [-0.1, -0.05) is 17.7 Å². The number of rotatable bonds is 2. The van der Waals surface area contributed by atoms with E-state index in [4.69, 9.17) is 11.6 Å². The quantitative estimate of drug-likeness (QED) is 0.849. The van der Waals surface area contributed by atoms with E-state index in [1.165, 1.54) is 13.1 Å². The number of halogens is 4. The molecular weight excluding hydrogens is 257 g/mol. The molecule has 0 heterocycles. The first-order valence-electron chi connectivity index (χ1n) is 4.66. The number of hydrogen-bond donors (Lipinski definition) is 2. The molecule has 0 atom stereocenters. The van der Waals surface area contributed by atoms with Crippen LogP contribution in [0.3, 0.4) is 0 Å². The maximum Gasteiger partial charge on any atom is 0.417 e. The molecule has 0 spiro atoms. The van der Waals surface area contributed by atoms with E-state index < -0.39 is 17.8 Å². The zero-order valence-corrected chi connectivity index (χ0v) is 9.62. The highest BCUT2D eigenvalue weighted by molar-refractivity contribution is 6.31. The number of amides is 2. The van der Waals surface area contributed by atoms with Gasteiger partial charge in [0.05, 0.1) is 10.6 Å². The Morgan fingerprint density at radius 2 is 2.06 bits per heavy atom. The van der Waals surface area contributed by atoms with Crippen molar-refractivity contribution in [3.8, 4) is 0 Å².